The fourth-order valence-electron chi connectivity index (χ4n) is 11.5. The zero-order valence-corrected chi connectivity index (χ0v) is 41.0. The van der Waals surface area contributed by atoms with Gasteiger partial charge in [-0.1, -0.05) is 59.9 Å². The first-order valence-corrected chi connectivity index (χ1v) is 25.9. The monoisotopic (exact) mass is 970 g/mol. The Morgan fingerprint density at radius 3 is 2.56 bits per heavy atom. The number of nitrogens with zero attached hydrogens (tertiary/aromatic N) is 6. The van der Waals surface area contributed by atoms with E-state index in [4.69, 9.17) is 14.8 Å². The number of carbonyl (C=O) groups excluding carboxylic acids is 3. The third kappa shape index (κ3) is 9.52. The van der Waals surface area contributed by atoms with Gasteiger partial charge in [-0.05, 0) is 160 Å². The lowest BCUT2D eigenvalue weighted by atomic mass is 9.84. The zero-order chi connectivity index (χ0) is 48.8. The number of aromatic nitrogens is 4. The third-order valence-electron chi connectivity index (χ3n) is 15.4. The van der Waals surface area contributed by atoms with Gasteiger partial charge in [-0.25, -0.2) is 14.8 Å². The minimum Gasteiger partial charge on any atom is -0.490 e. The molecule has 2 saturated heterocycles. The molecule has 15 heteroatoms. The van der Waals surface area contributed by atoms with Crippen molar-refractivity contribution in [2.24, 2.45) is 13.0 Å². The minimum absolute atomic E-state index is 0.0198. The summed E-state index contributed by atoms with van der Waals surface area (Å²) in [5.41, 5.74) is 8.69. The summed E-state index contributed by atoms with van der Waals surface area (Å²) in [5.74, 6) is 0.262. The average Bonchev–Trinajstić information content (AvgIpc) is 4.11. The van der Waals surface area contributed by atoms with E-state index in [0.717, 1.165) is 107 Å². The van der Waals surface area contributed by atoms with E-state index in [9.17, 15) is 24.3 Å². The van der Waals surface area contributed by atoms with Gasteiger partial charge >= 0.3 is 5.97 Å². The lowest BCUT2D eigenvalue weighted by Crippen LogP contribution is -2.39. The topological polar surface area (TPSA) is 172 Å². The molecular weight excluding hydrogens is 913 g/mol. The predicted octanol–water partition coefficient (Wildman–Crippen LogP) is 9.79. The number of imide groups is 1. The second-order valence-corrected chi connectivity index (χ2v) is 20.9. The van der Waals surface area contributed by atoms with Crippen molar-refractivity contribution in [3.8, 4) is 16.9 Å². The van der Waals surface area contributed by atoms with Crippen molar-refractivity contribution in [3.63, 3.8) is 0 Å². The Morgan fingerprint density at radius 2 is 1.73 bits per heavy atom. The fourth-order valence-corrected chi connectivity index (χ4v) is 12.4. The summed E-state index contributed by atoms with van der Waals surface area (Å²) < 4.78 is 9.57. The van der Waals surface area contributed by atoms with Crippen LogP contribution >= 0.6 is 11.3 Å². The van der Waals surface area contributed by atoms with E-state index in [1.165, 1.54) is 29.7 Å². The van der Waals surface area contributed by atoms with Crippen molar-refractivity contribution in [1.82, 2.24) is 30.0 Å². The van der Waals surface area contributed by atoms with Crippen molar-refractivity contribution in [3.05, 3.63) is 130 Å². The number of nitrogens with one attached hydrogen (secondary N) is 2. The van der Waals surface area contributed by atoms with Gasteiger partial charge in [-0.15, -0.1) is 0 Å². The van der Waals surface area contributed by atoms with Gasteiger partial charge in [0.25, 0.3) is 5.91 Å². The Morgan fingerprint density at radius 1 is 0.887 bits per heavy atom. The number of amides is 3. The maximum absolute atomic E-state index is 13.7. The number of anilines is 2. The molecule has 0 bridgehead atoms. The number of para-hydroxylation sites is 1. The molecule has 3 aromatic heterocycles. The summed E-state index contributed by atoms with van der Waals surface area (Å²) in [7, 11) is 1.93. The Kier molecular flexibility index (Phi) is 12.9. The predicted molar refractivity (Wildman–Crippen MR) is 275 cm³/mol. The van der Waals surface area contributed by atoms with Gasteiger partial charge in [0.05, 0.1) is 33.4 Å². The molecule has 3 amide bonds. The number of carbonyl (C=O) groups is 4. The molecule has 14 nitrogen and oxygen atoms in total. The number of aromatic carboxylic acids is 1. The van der Waals surface area contributed by atoms with Crippen LogP contribution in [-0.2, 0) is 29.6 Å². The van der Waals surface area contributed by atoms with E-state index >= 15 is 0 Å². The molecule has 4 aromatic carbocycles. The molecule has 71 heavy (non-hydrogen) atoms. The molecule has 7 aromatic rings. The zero-order valence-electron chi connectivity index (χ0n) is 40.2. The number of carboxylic acid groups (broad SMARTS) is 1. The molecule has 2 atom stereocenters. The number of benzene rings is 4. The van der Waals surface area contributed by atoms with Crippen molar-refractivity contribution in [1.29, 1.82) is 0 Å². The van der Waals surface area contributed by atoms with Crippen LogP contribution in [0, 0.1) is 12.8 Å². The summed E-state index contributed by atoms with van der Waals surface area (Å²) in [6, 6.07) is 29.8. The Balaban J connectivity index is 0.677. The van der Waals surface area contributed by atoms with E-state index in [1.807, 2.05) is 96.3 Å². The fraction of sp³-hybridized carbons (Fsp3) is 0.375. The number of carboxylic acids is 1. The first kappa shape index (κ1) is 46.4. The number of thiazole rings is 1. The number of pyridine rings is 1. The van der Waals surface area contributed by atoms with Crippen LogP contribution in [0.4, 0.5) is 10.9 Å². The molecular formula is C56H58N8O6S. The van der Waals surface area contributed by atoms with Gasteiger partial charge in [0.15, 0.2) is 10.8 Å². The van der Waals surface area contributed by atoms with Crippen molar-refractivity contribution in [2.45, 2.75) is 95.6 Å². The summed E-state index contributed by atoms with van der Waals surface area (Å²) >= 11 is 1.44. The van der Waals surface area contributed by atoms with E-state index in [0.29, 0.717) is 66.3 Å². The Labute approximate surface area is 416 Å². The second kappa shape index (κ2) is 19.7. The Hall–Kier alpha value is -6.97. The molecule has 3 fully saturated rings. The number of likely N-dealkylation sites (tertiary alicyclic amines) is 1. The van der Waals surface area contributed by atoms with Gasteiger partial charge in [0.1, 0.15) is 11.6 Å². The van der Waals surface area contributed by atoms with Crippen LogP contribution in [0.3, 0.4) is 0 Å². The summed E-state index contributed by atoms with van der Waals surface area (Å²) in [5, 5.41) is 22.3. The first-order chi connectivity index (χ1) is 34.5. The van der Waals surface area contributed by atoms with Crippen LogP contribution < -0.4 is 20.3 Å². The highest BCUT2D eigenvalue weighted by atomic mass is 32.1. The molecule has 1 saturated carbocycles. The molecule has 3 N–H and O–H groups in total. The van der Waals surface area contributed by atoms with Gasteiger partial charge in [0.2, 0.25) is 11.8 Å². The maximum Gasteiger partial charge on any atom is 0.355 e. The van der Waals surface area contributed by atoms with E-state index < -0.39 is 11.9 Å². The smallest absolute Gasteiger partial charge is 0.355 e. The normalized spacial score (nSPS) is 20.6. The summed E-state index contributed by atoms with van der Waals surface area (Å²) in [6.45, 7) is 6.27. The number of piperidine rings is 1. The SMILES string of the molecule is Cc1c(O[C@H]2CC[C@H](CCCN3CC[C@H](c4ccc5c(C6CCC(=O)NC6=O)nn(C)c5c4)C3)CC2)cccc1-c1ccc(N2CCc3cccc(C(=O)Nc4nc5ccccc5s4)c3C2)nc1C(=O)O. The van der Waals surface area contributed by atoms with Crippen molar-refractivity contribution in [2.75, 3.05) is 36.4 Å². The highest BCUT2D eigenvalue weighted by Crippen LogP contribution is 2.39. The summed E-state index contributed by atoms with van der Waals surface area (Å²) in [6.07, 6.45) is 9.36. The minimum atomic E-state index is -1.10. The Bertz CT molecular complexity index is 3180. The van der Waals surface area contributed by atoms with Crippen molar-refractivity contribution >= 4 is 67.1 Å². The van der Waals surface area contributed by atoms with Crippen LogP contribution in [0.15, 0.2) is 91.0 Å². The number of aryl methyl sites for hydroxylation is 1. The molecule has 6 heterocycles. The molecule has 3 aliphatic heterocycles. The van der Waals surface area contributed by atoms with Crippen molar-refractivity contribution < 1.29 is 29.0 Å². The number of rotatable bonds is 13. The molecule has 4 aliphatic rings. The van der Waals surface area contributed by atoms with Crippen LogP contribution in [0.5, 0.6) is 5.75 Å². The number of hydrogen-bond donors (Lipinski definition) is 3. The van der Waals surface area contributed by atoms with Gasteiger partial charge < -0.3 is 19.6 Å². The molecule has 0 spiro atoms. The van der Waals surface area contributed by atoms with Crippen LogP contribution in [-0.4, -0.2) is 85.7 Å². The standard InChI is InChI=1S/C56H58N8O6S/c1-33-39(40-21-23-49(58-52(40)55(68)69)64-29-26-35-9-5-11-41(44(35)32-64)53(66)60-56-57-45-12-3-4-14-48(45)71-56)10-6-13-47(33)70-38-18-15-34(16-19-38)8-7-27-63-28-25-37(31-63)36-17-20-42-46(30-36)62(2)61-51(42)43-22-24-50(65)59-54(43)67/h3-6,9-14,17,20-21,23,30,34,37-38,43H,7-8,15-16,18-19,22,24-29,31-32H2,1-2H3,(H,68,69)(H,57,60,66)(H,59,65,67)/t34-,37-,38-,43?/m0/s1. The van der Waals surface area contributed by atoms with Gasteiger partial charge in [-0.3, -0.25) is 29.7 Å². The number of fused-ring (bicyclic) bond motifs is 3. The first-order valence-electron chi connectivity index (χ1n) is 25.1. The van der Waals surface area contributed by atoms with Crippen LogP contribution in [0.1, 0.15) is 118 Å². The van der Waals surface area contributed by atoms with E-state index in [2.05, 4.69) is 38.7 Å². The largest absolute Gasteiger partial charge is 0.490 e. The maximum atomic E-state index is 13.7. The third-order valence-corrected chi connectivity index (χ3v) is 16.4. The number of hydrogen-bond acceptors (Lipinski definition) is 11. The van der Waals surface area contributed by atoms with E-state index in [1.54, 1.807) is 0 Å². The second-order valence-electron chi connectivity index (χ2n) is 19.8. The molecule has 1 aliphatic carbocycles. The quantitative estimate of drug-likeness (QED) is 0.0940. The van der Waals surface area contributed by atoms with Gasteiger partial charge in [0, 0.05) is 49.6 Å². The lowest BCUT2D eigenvalue weighted by molar-refractivity contribution is -0.134. The lowest BCUT2D eigenvalue weighted by Gasteiger charge is -2.31. The summed E-state index contributed by atoms with van der Waals surface area (Å²) in [4.78, 5) is 64.9. The van der Waals surface area contributed by atoms with Gasteiger partial charge in [-0.2, -0.15) is 5.10 Å². The molecule has 11 rings (SSSR count). The molecule has 0 radical (unpaired) electrons. The molecule has 1 unspecified atom stereocenters. The highest BCUT2D eigenvalue weighted by Gasteiger charge is 2.33. The average molecular weight is 971 g/mol. The molecule has 364 valence electrons. The van der Waals surface area contributed by atoms with Crippen LogP contribution in [0.2, 0.25) is 0 Å². The highest BCUT2D eigenvalue weighted by molar-refractivity contribution is 7.22. The van der Waals surface area contributed by atoms with E-state index in [-0.39, 0.29) is 29.5 Å². The van der Waals surface area contributed by atoms with Crippen LogP contribution in [0.25, 0.3) is 32.2 Å². The number of ether oxygens (including phenoxy) is 1.